The summed E-state index contributed by atoms with van der Waals surface area (Å²) in [5.74, 6) is 0.882. The van der Waals surface area contributed by atoms with E-state index in [1.54, 1.807) is 7.11 Å². The molecule has 1 aromatic rings. The van der Waals surface area contributed by atoms with Gasteiger partial charge in [-0.3, -0.25) is 0 Å². The van der Waals surface area contributed by atoms with Gasteiger partial charge in [0.15, 0.2) is 0 Å². The van der Waals surface area contributed by atoms with Gasteiger partial charge in [-0.1, -0.05) is 42.1 Å². The smallest absolute Gasteiger partial charge is 0.123 e. The van der Waals surface area contributed by atoms with Crippen LogP contribution in [-0.4, -0.2) is 7.11 Å². The normalized spacial score (nSPS) is 11.8. The first-order valence-corrected chi connectivity index (χ1v) is 6.57. The van der Waals surface area contributed by atoms with Crippen molar-refractivity contribution < 1.29 is 4.74 Å². The third-order valence-electron chi connectivity index (χ3n) is 2.71. The summed E-state index contributed by atoms with van der Waals surface area (Å²) in [7, 11) is 1.69. The van der Waals surface area contributed by atoms with Gasteiger partial charge in [-0.25, -0.2) is 0 Å². The molecule has 98 valence electrons. The van der Waals surface area contributed by atoms with E-state index in [4.69, 9.17) is 10.5 Å². The minimum atomic E-state index is 0. The second kappa shape index (κ2) is 8.78. The molecule has 0 fully saturated rings. The molecule has 0 amide bonds. The molecule has 2 N–H and O–H groups in total. The van der Waals surface area contributed by atoms with Crippen LogP contribution in [0.1, 0.15) is 44.2 Å². The summed E-state index contributed by atoms with van der Waals surface area (Å²) in [5, 5.41) is 0. The summed E-state index contributed by atoms with van der Waals surface area (Å²) >= 11 is 3.46. The molecule has 0 unspecified atom stereocenters. The molecule has 0 spiro atoms. The van der Waals surface area contributed by atoms with E-state index >= 15 is 0 Å². The zero-order chi connectivity index (χ0) is 12.0. The molecule has 0 radical (unpaired) electrons. The van der Waals surface area contributed by atoms with Gasteiger partial charge in [0.05, 0.1) is 7.11 Å². The number of ether oxygens (including phenoxy) is 1. The van der Waals surface area contributed by atoms with Crippen LogP contribution in [0.4, 0.5) is 0 Å². The maximum absolute atomic E-state index is 6.18. The van der Waals surface area contributed by atoms with Crippen LogP contribution < -0.4 is 10.5 Å². The van der Waals surface area contributed by atoms with Crippen molar-refractivity contribution in [1.82, 2.24) is 0 Å². The van der Waals surface area contributed by atoms with E-state index < -0.39 is 0 Å². The van der Waals surface area contributed by atoms with E-state index in [2.05, 4.69) is 28.9 Å². The third-order valence-corrected chi connectivity index (χ3v) is 3.20. The van der Waals surface area contributed by atoms with E-state index in [0.717, 1.165) is 22.2 Å². The quantitative estimate of drug-likeness (QED) is 0.785. The Bertz CT molecular complexity index is 333. The highest BCUT2D eigenvalue weighted by molar-refractivity contribution is 9.10. The van der Waals surface area contributed by atoms with Gasteiger partial charge in [0.25, 0.3) is 0 Å². The molecule has 0 heterocycles. The number of hydrogen-bond acceptors (Lipinski definition) is 2. The van der Waals surface area contributed by atoms with Crippen molar-refractivity contribution in [1.29, 1.82) is 0 Å². The molecule has 0 aliphatic carbocycles. The first kappa shape index (κ1) is 16.8. The molecule has 0 bridgehead atoms. The highest BCUT2D eigenvalue weighted by atomic mass is 79.9. The number of benzene rings is 1. The van der Waals surface area contributed by atoms with Crippen molar-refractivity contribution in [3.05, 3.63) is 28.2 Å². The van der Waals surface area contributed by atoms with Crippen LogP contribution in [0.2, 0.25) is 0 Å². The van der Waals surface area contributed by atoms with E-state index in [1.807, 2.05) is 12.1 Å². The molecule has 0 aliphatic rings. The minimum Gasteiger partial charge on any atom is -0.496 e. The average Bonchev–Trinajstić information content (AvgIpc) is 2.29. The predicted octanol–water partition coefficient (Wildman–Crippen LogP) is 4.46. The van der Waals surface area contributed by atoms with Crippen molar-refractivity contribution in [3.8, 4) is 5.75 Å². The summed E-state index contributed by atoms with van der Waals surface area (Å²) in [5.41, 5.74) is 7.27. The molecule has 0 aromatic heterocycles. The van der Waals surface area contributed by atoms with Gasteiger partial charge in [-0.15, -0.1) is 12.4 Å². The lowest BCUT2D eigenvalue weighted by Crippen LogP contribution is -2.11. The average molecular weight is 323 g/mol. The Morgan fingerprint density at radius 3 is 2.65 bits per heavy atom. The summed E-state index contributed by atoms with van der Waals surface area (Å²) in [6, 6.07) is 6.05. The highest BCUT2D eigenvalue weighted by Gasteiger charge is 2.11. The zero-order valence-electron chi connectivity index (χ0n) is 10.4. The zero-order valence-corrected chi connectivity index (χ0v) is 12.8. The Kier molecular flexibility index (Phi) is 8.66. The number of methoxy groups -OCH3 is 1. The fourth-order valence-corrected chi connectivity index (χ4v) is 2.14. The molecule has 1 aromatic carbocycles. The van der Waals surface area contributed by atoms with Crippen LogP contribution in [-0.2, 0) is 0 Å². The van der Waals surface area contributed by atoms with Gasteiger partial charge < -0.3 is 10.5 Å². The Balaban J connectivity index is 0.00000256. The monoisotopic (exact) mass is 321 g/mol. The first-order chi connectivity index (χ1) is 7.69. The lowest BCUT2D eigenvalue weighted by Gasteiger charge is -2.15. The molecule has 17 heavy (non-hydrogen) atoms. The SMILES string of the molecule is CCCCC[C@H](N)c1cc(Br)ccc1OC.Cl. The Morgan fingerprint density at radius 1 is 1.35 bits per heavy atom. The lowest BCUT2D eigenvalue weighted by atomic mass is 10.0. The number of unbranched alkanes of at least 4 members (excludes halogenated alkanes) is 2. The van der Waals surface area contributed by atoms with Crippen LogP contribution in [0.3, 0.4) is 0 Å². The molecule has 0 aliphatic heterocycles. The molecule has 0 saturated carbocycles. The number of rotatable bonds is 6. The second-order valence-corrected chi connectivity index (χ2v) is 4.90. The maximum atomic E-state index is 6.18. The van der Waals surface area contributed by atoms with Crippen molar-refractivity contribution in [2.45, 2.75) is 38.6 Å². The Morgan fingerprint density at radius 2 is 2.06 bits per heavy atom. The van der Waals surface area contributed by atoms with Gasteiger partial charge in [-0.05, 0) is 24.6 Å². The molecule has 2 nitrogen and oxygen atoms in total. The molecular weight excluding hydrogens is 302 g/mol. The van der Waals surface area contributed by atoms with Crippen LogP contribution in [0.15, 0.2) is 22.7 Å². The van der Waals surface area contributed by atoms with Gasteiger partial charge in [0.1, 0.15) is 5.75 Å². The molecular formula is C13H21BrClNO. The molecule has 1 rings (SSSR count). The maximum Gasteiger partial charge on any atom is 0.123 e. The second-order valence-electron chi connectivity index (χ2n) is 3.99. The lowest BCUT2D eigenvalue weighted by molar-refractivity contribution is 0.403. The minimum absolute atomic E-state index is 0. The summed E-state index contributed by atoms with van der Waals surface area (Å²) in [4.78, 5) is 0. The molecule has 4 heteroatoms. The van der Waals surface area contributed by atoms with Crippen LogP contribution in [0.25, 0.3) is 0 Å². The Labute approximate surface area is 118 Å². The van der Waals surface area contributed by atoms with Crippen LogP contribution in [0.5, 0.6) is 5.75 Å². The van der Waals surface area contributed by atoms with Crippen LogP contribution in [0, 0.1) is 0 Å². The summed E-state index contributed by atoms with van der Waals surface area (Å²) in [6.45, 7) is 2.20. The van der Waals surface area contributed by atoms with Gasteiger partial charge in [0, 0.05) is 16.1 Å². The number of halogens is 2. The first-order valence-electron chi connectivity index (χ1n) is 5.78. The molecule has 0 saturated heterocycles. The van der Waals surface area contributed by atoms with Gasteiger partial charge >= 0.3 is 0 Å². The summed E-state index contributed by atoms with van der Waals surface area (Å²) < 4.78 is 6.38. The van der Waals surface area contributed by atoms with E-state index in [9.17, 15) is 0 Å². The van der Waals surface area contributed by atoms with Crippen molar-refractivity contribution in [2.75, 3.05) is 7.11 Å². The fourth-order valence-electron chi connectivity index (χ4n) is 1.76. The van der Waals surface area contributed by atoms with E-state index in [-0.39, 0.29) is 18.4 Å². The van der Waals surface area contributed by atoms with Crippen molar-refractivity contribution in [3.63, 3.8) is 0 Å². The topological polar surface area (TPSA) is 35.2 Å². The Hall–Kier alpha value is -0.250. The van der Waals surface area contributed by atoms with Gasteiger partial charge in [0.2, 0.25) is 0 Å². The highest BCUT2D eigenvalue weighted by Crippen LogP contribution is 2.29. The number of nitrogens with two attached hydrogens (primary N) is 1. The van der Waals surface area contributed by atoms with E-state index in [1.165, 1.54) is 19.3 Å². The van der Waals surface area contributed by atoms with Crippen LogP contribution >= 0.6 is 28.3 Å². The third kappa shape index (κ3) is 5.28. The van der Waals surface area contributed by atoms with Crippen molar-refractivity contribution in [2.24, 2.45) is 5.73 Å². The van der Waals surface area contributed by atoms with E-state index in [0.29, 0.717) is 0 Å². The fraction of sp³-hybridized carbons (Fsp3) is 0.538. The largest absolute Gasteiger partial charge is 0.496 e. The molecule has 1 atom stereocenters. The van der Waals surface area contributed by atoms with Gasteiger partial charge in [-0.2, -0.15) is 0 Å². The number of hydrogen-bond donors (Lipinski definition) is 1. The van der Waals surface area contributed by atoms with Crippen molar-refractivity contribution >= 4 is 28.3 Å². The summed E-state index contributed by atoms with van der Waals surface area (Å²) in [6.07, 6.45) is 4.65. The predicted molar refractivity (Wildman–Crippen MR) is 79.0 cm³/mol. The standard InChI is InChI=1S/C13H20BrNO.ClH/c1-3-4-5-6-12(15)11-9-10(14)7-8-13(11)16-2;/h7-9,12H,3-6,15H2,1-2H3;1H/t12-;/m0./s1.